The molecule has 3 aromatic carbocycles. The molecule has 0 unspecified atom stereocenters. The third-order valence-electron chi connectivity index (χ3n) is 6.12. The first-order chi connectivity index (χ1) is 15.8. The molecular formula is C25H21N3O5. The van der Waals surface area contributed by atoms with Crippen LogP contribution in [-0.4, -0.2) is 22.8 Å². The highest BCUT2D eigenvalue weighted by Crippen LogP contribution is 2.48. The van der Waals surface area contributed by atoms with Crippen LogP contribution in [0.25, 0.3) is 0 Å². The number of amides is 2. The summed E-state index contributed by atoms with van der Waals surface area (Å²) in [5.74, 6) is -1.59. The Kier molecular flexibility index (Phi) is 4.94. The van der Waals surface area contributed by atoms with Gasteiger partial charge in [0.05, 0.1) is 22.3 Å². The number of nitro groups is 1. The number of carbonyl (C=O) groups excluding carboxylic acids is 2. The van der Waals surface area contributed by atoms with E-state index in [1.807, 2.05) is 50.2 Å². The molecule has 0 N–H and O–H groups in total. The van der Waals surface area contributed by atoms with E-state index in [0.29, 0.717) is 11.4 Å². The Balaban J connectivity index is 1.59. The number of aryl methyl sites for hydroxylation is 2. The van der Waals surface area contributed by atoms with Crippen LogP contribution in [0.2, 0.25) is 0 Å². The van der Waals surface area contributed by atoms with Gasteiger partial charge in [-0.1, -0.05) is 53.6 Å². The molecule has 3 aromatic rings. The van der Waals surface area contributed by atoms with Crippen molar-refractivity contribution < 1.29 is 19.3 Å². The second-order valence-electron chi connectivity index (χ2n) is 8.36. The van der Waals surface area contributed by atoms with Crippen molar-refractivity contribution in [1.29, 1.82) is 0 Å². The van der Waals surface area contributed by atoms with E-state index in [0.717, 1.165) is 16.7 Å². The lowest BCUT2D eigenvalue weighted by Gasteiger charge is -2.28. The smallest absolute Gasteiger partial charge is 0.271 e. The monoisotopic (exact) mass is 443 g/mol. The summed E-state index contributed by atoms with van der Waals surface area (Å²) in [4.78, 5) is 45.0. The summed E-state index contributed by atoms with van der Waals surface area (Å²) < 4.78 is 0. The zero-order valence-electron chi connectivity index (χ0n) is 18.0. The predicted molar refractivity (Wildman–Crippen MR) is 122 cm³/mol. The van der Waals surface area contributed by atoms with Crippen molar-refractivity contribution in [3.8, 4) is 0 Å². The maximum absolute atomic E-state index is 13.6. The second kappa shape index (κ2) is 7.83. The van der Waals surface area contributed by atoms with Crippen LogP contribution in [0.4, 0.5) is 17.1 Å². The SMILES string of the molecule is Cc1ccc([C@H]2[C@@H]3C(=O)N(c4ccc(C)cc4)C(=O)[C@H]3ON2c2cccc([N+](=O)[O-])c2)cc1. The van der Waals surface area contributed by atoms with Crippen LogP contribution < -0.4 is 9.96 Å². The minimum atomic E-state index is -1.02. The average molecular weight is 443 g/mol. The Morgan fingerprint density at radius 3 is 2.12 bits per heavy atom. The summed E-state index contributed by atoms with van der Waals surface area (Å²) in [6.45, 7) is 3.89. The molecule has 33 heavy (non-hydrogen) atoms. The third-order valence-corrected chi connectivity index (χ3v) is 6.12. The number of imide groups is 1. The molecule has 3 atom stereocenters. The first kappa shape index (κ1) is 20.8. The molecule has 8 nitrogen and oxygen atoms in total. The zero-order chi connectivity index (χ0) is 23.3. The van der Waals surface area contributed by atoms with Crippen molar-refractivity contribution in [2.75, 3.05) is 9.96 Å². The van der Waals surface area contributed by atoms with E-state index in [-0.39, 0.29) is 11.6 Å². The fourth-order valence-electron chi connectivity index (χ4n) is 4.43. The summed E-state index contributed by atoms with van der Waals surface area (Å²) in [6.07, 6.45) is -1.02. The normalized spacial score (nSPS) is 22.1. The number of non-ortho nitro benzene ring substituents is 1. The van der Waals surface area contributed by atoms with Crippen LogP contribution in [0.3, 0.4) is 0 Å². The Bertz CT molecular complexity index is 1260. The molecule has 2 aliphatic rings. The van der Waals surface area contributed by atoms with E-state index in [4.69, 9.17) is 4.84 Å². The fraction of sp³-hybridized carbons (Fsp3) is 0.200. The minimum absolute atomic E-state index is 0.102. The first-order valence-electron chi connectivity index (χ1n) is 10.6. The van der Waals surface area contributed by atoms with Crippen LogP contribution in [0.15, 0.2) is 72.8 Å². The van der Waals surface area contributed by atoms with Crippen LogP contribution in [0, 0.1) is 29.9 Å². The van der Waals surface area contributed by atoms with E-state index in [1.54, 1.807) is 24.3 Å². The molecule has 2 heterocycles. The lowest BCUT2D eigenvalue weighted by molar-refractivity contribution is -0.384. The number of nitro benzene ring substituents is 1. The van der Waals surface area contributed by atoms with Gasteiger partial charge in [0.15, 0.2) is 6.10 Å². The Morgan fingerprint density at radius 2 is 1.48 bits per heavy atom. The lowest BCUT2D eigenvalue weighted by atomic mass is 9.90. The molecule has 0 bridgehead atoms. The molecule has 0 saturated carbocycles. The summed E-state index contributed by atoms with van der Waals surface area (Å²) >= 11 is 0. The Labute approximate surface area is 190 Å². The largest absolute Gasteiger partial charge is 0.273 e. The highest BCUT2D eigenvalue weighted by atomic mass is 16.7. The molecule has 0 spiro atoms. The molecule has 2 amide bonds. The van der Waals surface area contributed by atoms with E-state index >= 15 is 0 Å². The van der Waals surface area contributed by atoms with Crippen LogP contribution in [0.1, 0.15) is 22.7 Å². The molecule has 0 aromatic heterocycles. The minimum Gasteiger partial charge on any atom is -0.273 e. The van der Waals surface area contributed by atoms with Gasteiger partial charge in [-0.25, -0.2) is 9.96 Å². The van der Waals surface area contributed by atoms with Gasteiger partial charge in [0, 0.05) is 12.1 Å². The van der Waals surface area contributed by atoms with Gasteiger partial charge in [-0.3, -0.25) is 24.5 Å². The highest BCUT2D eigenvalue weighted by molar-refractivity contribution is 6.23. The van der Waals surface area contributed by atoms with Crippen LogP contribution in [-0.2, 0) is 14.4 Å². The van der Waals surface area contributed by atoms with Crippen LogP contribution >= 0.6 is 0 Å². The summed E-state index contributed by atoms with van der Waals surface area (Å²) in [6, 6.07) is 20.2. The van der Waals surface area contributed by atoms with Crippen molar-refractivity contribution in [3.05, 3.63) is 99.6 Å². The van der Waals surface area contributed by atoms with Gasteiger partial charge in [-0.2, -0.15) is 0 Å². The van der Waals surface area contributed by atoms with Crippen molar-refractivity contribution in [2.24, 2.45) is 5.92 Å². The number of anilines is 2. The molecule has 0 aliphatic carbocycles. The Morgan fingerprint density at radius 1 is 0.848 bits per heavy atom. The molecule has 5 rings (SSSR count). The number of hydrogen-bond acceptors (Lipinski definition) is 6. The highest BCUT2D eigenvalue weighted by Gasteiger charge is 2.60. The van der Waals surface area contributed by atoms with E-state index in [9.17, 15) is 19.7 Å². The number of hydroxylamine groups is 1. The number of carbonyl (C=O) groups is 2. The summed E-state index contributed by atoms with van der Waals surface area (Å²) in [7, 11) is 0. The van der Waals surface area contributed by atoms with Gasteiger partial charge in [0.2, 0.25) is 5.91 Å². The predicted octanol–water partition coefficient (Wildman–Crippen LogP) is 4.26. The summed E-state index contributed by atoms with van der Waals surface area (Å²) in [5, 5.41) is 12.8. The van der Waals surface area contributed by atoms with Gasteiger partial charge in [-0.15, -0.1) is 0 Å². The van der Waals surface area contributed by atoms with Gasteiger partial charge < -0.3 is 0 Å². The van der Waals surface area contributed by atoms with Gasteiger partial charge in [0.25, 0.3) is 11.6 Å². The quantitative estimate of drug-likeness (QED) is 0.340. The summed E-state index contributed by atoms with van der Waals surface area (Å²) in [5.41, 5.74) is 3.65. The van der Waals surface area contributed by atoms with E-state index < -0.39 is 28.9 Å². The first-order valence-corrected chi connectivity index (χ1v) is 10.6. The van der Waals surface area contributed by atoms with E-state index in [1.165, 1.54) is 22.1 Å². The Hall–Kier alpha value is -4.04. The number of hydrogen-bond donors (Lipinski definition) is 0. The molecule has 0 radical (unpaired) electrons. The lowest BCUT2D eigenvalue weighted by Crippen LogP contribution is -2.37. The third kappa shape index (κ3) is 3.44. The van der Waals surface area contributed by atoms with Crippen molar-refractivity contribution in [2.45, 2.75) is 26.0 Å². The van der Waals surface area contributed by atoms with Gasteiger partial charge >= 0.3 is 0 Å². The molecule has 2 aliphatic heterocycles. The van der Waals surface area contributed by atoms with Crippen molar-refractivity contribution in [3.63, 3.8) is 0 Å². The van der Waals surface area contributed by atoms with E-state index in [2.05, 4.69) is 0 Å². The maximum atomic E-state index is 13.6. The van der Waals surface area contributed by atoms with Crippen molar-refractivity contribution >= 4 is 28.9 Å². The molecule has 8 heteroatoms. The number of rotatable bonds is 4. The molecule has 166 valence electrons. The second-order valence-corrected chi connectivity index (χ2v) is 8.36. The maximum Gasteiger partial charge on any atom is 0.271 e. The number of nitrogens with zero attached hydrogens (tertiary/aromatic N) is 3. The number of benzene rings is 3. The average Bonchev–Trinajstić information content (AvgIpc) is 3.31. The van der Waals surface area contributed by atoms with Crippen LogP contribution in [0.5, 0.6) is 0 Å². The standard InChI is InChI=1S/C25H21N3O5/c1-15-6-10-17(11-7-15)22-21-23(33-27(22)19-4-3-5-20(14-19)28(31)32)25(30)26(24(21)29)18-12-8-16(2)9-13-18/h3-14,21-23H,1-2H3/t21-,22-,23-/m0/s1. The van der Waals surface area contributed by atoms with Gasteiger partial charge in [-0.05, 0) is 37.6 Å². The fourth-order valence-corrected chi connectivity index (χ4v) is 4.43. The number of fused-ring (bicyclic) bond motifs is 1. The van der Waals surface area contributed by atoms with Gasteiger partial charge in [0.1, 0.15) is 5.92 Å². The topological polar surface area (TPSA) is 93.0 Å². The van der Waals surface area contributed by atoms with Crippen molar-refractivity contribution in [1.82, 2.24) is 0 Å². The zero-order valence-corrected chi connectivity index (χ0v) is 18.0. The molecule has 2 fully saturated rings. The molecular weight excluding hydrogens is 422 g/mol. The molecule has 2 saturated heterocycles.